The summed E-state index contributed by atoms with van der Waals surface area (Å²) in [6, 6.07) is 11.8. The lowest BCUT2D eigenvalue weighted by molar-refractivity contribution is 0.344. The molecule has 1 aromatic carbocycles. The van der Waals surface area contributed by atoms with Crippen LogP contribution in [-0.2, 0) is 0 Å². The standard InChI is InChI=1S/C17H27NS/c1-2-19-14-6-13-18-17-11-9-16(10-12-17)15-7-4-3-5-8-15/h3-5,7-8,16-18H,2,6,9-14H2,1H3. The van der Waals surface area contributed by atoms with E-state index in [-0.39, 0.29) is 0 Å². The molecule has 1 N–H and O–H groups in total. The highest BCUT2D eigenvalue weighted by molar-refractivity contribution is 7.99. The van der Waals surface area contributed by atoms with Crippen LogP contribution in [0.5, 0.6) is 0 Å². The number of hydrogen-bond donors (Lipinski definition) is 1. The first kappa shape index (κ1) is 14.9. The maximum absolute atomic E-state index is 3.74. The highest BCUT2D eigenvalue weighted by Gasteiger charge is 2.21. The maximum atomic E-state index is 3.74. The molecular formula is C17H27NS. The van der Waals surface area contributed by atoms with E-state index in [0.29, 0.717) is 0 Å². The van der Waals surface area contributed by atoms with E-state index in [4.69, 9.17) is 0 Å². The Kier molecular flexibility index (Phi) is 6.80. The van der Waals surface area contributed by atoms with Gasteiger partial charge in [-0.3, -0.25) is 0 Å². The van der Waals surface area contributed by atoms with Crippen LogP contribution in [0.4, 0.5) is 0 Å². The first-order valence-corrected chi connectivity index (χ1v) is 8.91. The predicted octanol–water partition coefficient (Wildman–Crippen LogP) is 4.45. The van der Waals surface area contributed by atoms with Gasteiger partial charge in [0.1, 0.15) is 0 Å². The molecule has 2 rings (SSSR count). The lowest BCUT2D eigenvalue weighted by Crippen LogP contribution is -2.33. The molecule has 0 spiro atoms. The van der Waals surface area contributed by atoms with E-state index in [0.717, 1.165) is 12.0 Å². The van der Waals surface area contributed by atoms with Gasteiger partial charge >= 0.3 is 0 Å². The summed E-state index contributed by atoms with van der Waals surface area (Å²) in [4.78, 5) is 0. The summed E-state index contributed by atoms with van der Waals surface area (Å²) < 4.78 is 0. The third kappa shape index (κ3) is 5.19. The molecule has 106 valence electrons. The molecule has 0 saturated heterocycles. The van der Waals surface area contributed by atoms with Crippen molar-refractivity contribution in [2.75, 3.05) is 18.1 Å². The van der Waals surface area contributed by atoms with Gasteiger partial charge in [-0.1, -0.05) is 37.3 Å². The first-order valence-electron chi connectivity index (χ1n) is 7.76. The second-order valence-corrected chi connectivity index (χ2v) is 6.86. The summed E-state index contributed by atoms with van der Waals surface area (Å²) in [6.45, 7) is 3.44. The third-order valence-electron chi connectivity index (χ3n) is 4.10. The third-order valence-corrected chi connectivity index (χ3v) is 5.09. The summed E-state index contributed by atoms with van der Waals surface area (Å²) in [5.41, 5.74) is 1.54. The fraction of sp³-hybridized carbons (Fsp3) is 0.647. The Balaban J connectivity index is 1.63. The Morgan fingerprint density at radius 3 is 2.53 bits per heavy atom. The zero-order valence-corrected chi connectivity index (χ0v) is 12.9. The van der Waals surface area contributed by atoms with E-state index in [1.165, 1.54) is 50.2 Å². The second-order valence-electron chi connectivity index (χ2n) is 5.46. The van der Waals surface area contributed by atoms with Crippen LogP contribution in [0.2, 0.25) is 0 Å². The fourth-order valence-corrected chi connectivity index (χ4v) is 3.62. The van der Waals surface area contributed by atoms with Crippen LogP contribution in [0.1, 0.15) is 50.5 Å². The Morgan fingerprint density at radius 1 is 1.11 bits per heavy atom. The van der Waals surface area contributed by atoms with E-state index in [1.54, 1.807) is 5.56 Å². The number of thioether (sulfide) groups is 1. The number of hydrogen-bond acceptors (Lipinski definition) is 2. The Morgan fingerprint density at radius 2 is 1.84 bits per heavy atom. The molecule has 0 heterocycles. The Hall–Kier alpha value is -0.470. The molecule has 0 amide bonds. The minimum Gasteiger partial charge on any atom is -0.314 e. The zero-order chi connectivity index (χ0) is 13.3. The SMILES string of the molecule is CCSCCCNC1CCC(c2ccccc2)CC1. The molecule has 2 heteroatoms. The van der Waals surface area contributed by atoms with Crippen LogP contribution in [0.3, 0.4) is 0 Å². The van der Waals surface area contributed by atoms with Gasteiger partial charge in [0.05, 0.1) is 0 Å². The molecule has 0 radical (unpaired) electrons. The topological polar surface area (TPSA) is 12.0 Å². The molecule has 1 saturated carbocycles. The molecule has 0 atom stereocenters. The van der Waals surface area contributed by atoms with Gasteiger partial charge in [-0.25, -0.2) is 0 Å². The molecule has 1 aliphatic rings. The van der Waals surface area contributed by atoms with Gasteiger partial charge in [-0.15, -0.1) is 0 Å². The average molecular weight is 277 g/mol. The molecular weight excluding hydrogens is 250 g/mol. The first-order chi connectivity index (χ1) is 9.40. The quantitative estimate of drug-likeness (QED) is 0.739. The lowest BCUT2D eigenvalue weighted by Gasteiger charge is -2.29. The highest BCUT2D eigenvalue weighted by Crippen LogP contribution is 2.32. The lowest BCUT2D eigenvalue weighted by atomic mass is 9.82. The summed E-state index contributed by atoms with van der Waals surface area (Å²) in [7, 11) is 0. The molecule has 1 fully saturated rings. The number of benzene rings is 1. The maximum Gasteiger partial charge on any atom is 0.00675 e. The van der Waals surface area contributed by atoms with E-state index in [9.17, 15) is 0 Å². The summed E-state index contributed by atoms with van der Waals surface area (Å²) >= 11 is 2.05. The van der Waals surface area contributed by atoms with Crippen molar-refractivity contribution in [1.82, 2.24) is 5.32 Å². The average Bonchev–Trinajstić information content (AvgIpc) is 2.49. The van der Waals surface area contributed by atoms with Crippen LogP contribution in [0, 0.1) is 0 Å². The smallest absolute Gasteiger partial charge is 0.00675 e. The summed E-state index contributed by atoms with van der Waals surface area (Å²) in [5.74, 6) is 3.36. The Labute approximate surface area is 122 Å². The van der Waals surface area contributed by atoms with Gasteiger partial charge in [0.15, 0.2) is 0 Å². The van der Waals surface area contributed by atoms with E-state index in [1.807, 2.05) is 0 Å². The van der Waals surface area contributed by atoms with Crippen molar-refractivity contribution in [3.05, 3.63) is 35.9 Å². The minimum absolute atomic E-state index is 0.770. The van der Waals surface area contributed by atoms with Crippen molar-refractivity contribution < 1.29 is 0 Å². The molecule has 0 bridgehead atoms. The van der Waals surface area contributed by atoms with Crippen molar-refractivity contribution in [2.45, 2.75) is 51.0 Å². The van der Waals surface area contributed by atoms with Crippen LogP contribution < -0.4 is 5.32 Å². The molecule has 0 aromatic heterocycles. The largest absolute Gasteiger partial charge is 0.314 e. The van der Waals surface area contributed by atoms with Gasteiger partial charge in [0, 0.05) is 6.04 Å². The van der Waals surface area contributed by atoms with Crippen molar-refractivity contribution in [2.24, 2.45) is 0 Å². The number of rotatable bonds is 7. The van der Waals surface area contributed by atoms with Gasteiger partial charge in [-0.05, 0) is 61.6 Å². The zero-order valence-electron chi connectivity index (χ0n) is 12.1. The summed E-state index contributed by atoms with van der Waals surface area (Å²) in [6.07, 6.45) is 6.72. The Bertz CT molecular complexity index is 330. The monoisotopic (exact) mass is 277 g/mol. The highest BCUT2D eigenvalue weighted by atomic mass is 32.2. The molecule has 1 nitrogen and oxygen atoms in total. The summed E-state index contributed by atoms with van der Waals surface area (Å²) in [5, 5.41) is 3.74. The number of nitrogens with one attached hydrogen (secondary N) is 1. The van der Waals surface area contributed by atoms with Gasteiger partial charge in [0.2, 0.25) is 0 Å². The molecule has 1 aliphatic carbocycles. The van der Waals surface area contributed by atoms with Crippen LogP contribution in [0.25, 0.3) is 0 Å². The molecule has 1 aromatic rings. The van der Waals surface area contributed by atoms with Crippen molar-refractivity contribution in [1.29, 1.82) is 0 Å². The van der Waals surface area contributed by atoms with Gasteiger partial charge in [-0.2, -0.15) is 11.8 Å². The van der Waals surface area contributed by atoms with Crippen LogP contribution in [0.15, 0.2) is 30.3 Å². The molecule has 0 unspecified atom stereocenters. The molecule has 19 heavy (non-hydrogen) atoms. The van der Waals surface area contributed by atoms with Crippen molar-refractivity contribution in [3.8, 4) is 0 Å². The van der Waals surface area contributed by atoms with Gasteiger partial charge < -0.3 is 5.32 Å². The van der Waals surface area contributed by atoms with Crippen LogP contribution in [-0.4, -0.2) is 24.1 Å². The van der Waals surface area contributed by atoms with Crippen molar-refractivity contribution >= 4 is 11.8 Å². The van der Waals surface area contributed by atoms with Crippen LogP contribution >= 0.6 is 11.8 Å². The minimum atomic E-state index is 0.770. The fourth-order valence-electron chi connectivity index (χ4n) is 2.98. The van der Waals surface area contributed by atoms with E-state index >= 15 is 0 Å². The normalized spacial score (nSPS) is 23.4. The van der Waals surface area contributed by atoms with E-state index in [2.05, 4.69) is 54.3 Å². The van der Waals surface area contributed by atoms with Gasteiger partial charge in [0.25, 0.3) is 0 Å². The van der Waals surface area contributed by atoms with Crippen molar-refractivity contribution in [3.63, 3.8) is 0 Å². The molecule has 0 aliphatic heterocycles. The predicted molar refractivity (Wildman–Crippen MR) is 87.1 cm³/mol. The second kappa shape index (κ2) is 8.65. The van der Waals surface area contributed by atoms with E-state index < -0.39 is 0 Å².